The molecule has 0 amide bonds. The molecule has 1 heterocycles. The zero-order valence-electron chi connectivity index (χ0n) is 13.8. The fourth-order valence-electron chi connectivity index (χ4n) is 3.43. The molecule has 3 nitrogen and oxygen atoms in total. The van der Waals surface area contributed by atoms with Crippen LogP contribution in [0.2, 0.25) is 0 Å². The summed E-state index contributed by atoms with van der Waals surface area (Å²) in [6, 6.07) is 22.4. The molecule has 0 fully saturated rings. The standard InChI is InChI=1S/C21H20N2O/c1-14(2)23-19-13-6-5-12-18(19)22-21(23)20(24)17-11-7-9-15-8-3-4-10-16(15)17/h3-14,20,24H,1-2H3/t20-/m1/s1. The minimum Gasteiger partial charge on any atom is -0.380 e. The van der Waals surface area contributed by atoms with Crippen LogP contribution in [0.3, 0.4) is 0 Å². The largest absolute Gasteiger partial charge is 0.380 e. The summed E-state index contributed by atoms with van der Waals surface area (Å²) in [5, 5.41) is 13.3. The van der Waals surface area contributed by atoms with Crippen molar-refractivity contribution in [1.29, 1.82) is 0 Å². The van der Waals surface area contributed by atoms with Crippen LogP contribution < -0.4 is 0 Å². The van der Waals surface area contributed by atoms with Gasteiger partial charge < -0.3 is 9.67 Å². The van der Waals surface area contributed by atoms with Crippen LogP contribution in [-0.4, -0.2) is 14.7 Å². The number of aliphatic hydroxyl groups is 1. The van der Waals surface area contributed by atoms with Crippen LogP contribution in [-0.2, 0) is 0 Å². The normalized spacial score (nSPS) is 13.0. The number of hydrogen-bond acceptors (Lipinski definition) is 2. The van der Waals surface area contributed by atoms with E-state index < -0.39 is 6.10 Å². The first-order valence-electron chi connectivity index (χ1n) is 8.29. The topological polar surface area (TPSA) is 38.0 Å². The first-order chi connectivity index (χ1) is 11.7. The predicted molar refractivity (Wildman–Crippen MR) is 98.1 cm³/mol. The van der Waals surface area contributed by atoms with Crippen LogP contribution in [0.1, 0.15) is 37.4 Å². The van der Waals surface area contributed by atoms with Crippen molar-refractivity contribution >= 4 is 21.8 Å². The lowest BCUT2D eigenvalue weighted by molar-refractivity contribution is 0.205. The number of rotatable bonds is 3. The summed E-state index contributed by atoms with van der Waals surface area (Å²) in [7, 11) is 0. The third-order valence-electron chi connectivity index (χ3n) is 4.50. The average Bonchev–Trinajstić information content (AvgIpc) is 3.00. The molecule has 0 saturated heterocycles. The van der Waals surface area contributed by atoms with Crippen LogP contribution in [0.4, 0.5) is 0 Å². The lowest BCUT2D eigenvalue weighted by Gasteiger charge is -2.18. The molecule has 1 atom stereocenters. The second-order valence-corrected chi connectivity index (χ2v) is 6.39. The van der Waals surface area contributed by atoms with E-state index >= 15 is 0 Å². The Morgan fingerprint density at radius 3 is 2.42 bits per heavy atom. The summed E-state index contributed by atoms with van der Waals surface area (Å²) in [5.74, 6) is 0.697. The lowest BCUT2D eigenvalue weighted by atomic mass is 10.00. The van der Waals surface area contributed by atoms with Gasteiger partial charge in [0, 0.05) is 6.04 Å². The summed E-state index contributed by atoms with van der Waals surface area (Å²) in [5.41, 5.74) is 2.87. The number of benzene rings is 3. The van der Waals surface area contributed by atoms with Gasteiger partial charge in [-0.3, -0.25) is 0 Å². The predicted octanol–water partition coefficient (Wildman–Crippen LogP) is 4.85. The number of nitrogens with zero attached hydrogens (tertiary/aromatic N) is 2. The van der Waals surface area contributed by atoms with Gasteiger partial charge in [0.1, 0.15) is 11.9 Å². The van der Waals surface area contributed by atoms with Gasteiger partial charge in [-0.2, -0.15) is 0 Å². The number of para-hydroxylation sites is 2. The Bertz CT molecular complexity index is 1010. The highest BCUT2D eigenvalue weighted by molar-refractivity contribution is 5.86. The molecule has 0 unspecified atom stereocenters. The van der Waals surface area contributed by atoms with Gasteiger partial charge in [0.25, 0.3) is 0 Å². The summed E-state index contributed by atoms with van der Waals surface area (Å²) in [6.07, 6.45) is -0.758. The first-order valence-corrected chi connectivity index (χ1v) is 8.29. The van der Waals surface area contributed by atoms with E-state index in [9.17, 15) is 5.11 Å². The molecule has 0 bridgehead atoms. The van der Waals surface area contributed by atoms with Crippen LogP contribution in [0.5, 0.6) is 0 Å². The second-order valence-electron chi connectivity index (χ2n) is 6.39. The van der Waals surface area contributed by atoms with E-state index in [1.54, 1.807) is 0 Å². The van der Waals surface area contributed by atoms with E-state index in [2.05, 4.69) is 42.7 Å². The van der Waals surface area contributed by atoms with Crippen molar-refractivity contribution in [2.75, 3.05) is 0 Å². The third-order valence-corrected chi connectivity index (χ3v) is 4.50. The van der Waals surface area contributed by atoms with E-state index in [0.717, 1.165) is 27.4 Å². The van der Waals surface area contributed by atoms with Gasteiger partial charge in [-0.1, -0.05) is 54.6 Å². The monoisotopic (exact) mass is 316 g/mol. The summed E-state index contributed by atoms with van der Waals surface area (Å²) >= 11 is 0. The van der Waals surface area contributed by atoms with E-state index in [4.69, 9.17) is 4.98 Å². The Hall–Kier alpha value is -2.65. The Kier molecular flexibility index (Phi) is 3.58. The smallest absolute Gasteiger partial charge is 0.143 e. The Labute approximate surface area is 141 Å². The van der Waals surface area contributed by atoms with Crippen molar-refractivity contribution in [3.05, 3.63) is 78.1 Å². The van der Waals surface area contributed by atoms with Gasteiger partial charge in [0.05, 0.1) is 11.0 Å². The molecule has 0 radical (unpaired) electrons. The lowest BCUT2D eigenvalue weighted by Crippen LogP contribution is -2.12. The molecule has 0 saturated carbocycles. The quantitative estimate of drug-likeness (QED) is 0.586. The highest BCUT2D eigenvalue weighted by Gasteiger charge is 2.22. The molecule has 0 aliphatic rings. The molecule has 4 aromatic rings. The minimum atomic E-state index is -0.758. The molecule has 1 aromatic heterocycles. The maximum Gasteiger partial charge on any atom is 0.143 e. The molecule has 4 rings (SSSR count). The fourth-order valence-corrected chi connectivity index (χ4v) is 3.43. The highest BCUT2D eigenvalue weighted by Crippen LogP contribution is 2.32. The van der Waals surface area contributed by atoms with Crippen LogP contribution >= 0.6 is 0 Å². The van der Waals surface area contributed by atoms with Gasteiger partial charge in [0.15, 0.2) is 0 Å². The third kappa shape index (κ3) is 2.29. The fraction of sp³-hybridized carbons (Fsp3) is 0.190. The van der Waals surface area contributed by atoms with Gasteiger partial charge >= 0.3 is 0 Å². The Balaban J connectivity index is 1.95. The molecule has 0 aliphatic heterocycles. The van der Waals surface area contributed by atoms with Gasteiger partial charge in [0.2, 0.25) is 0 Å². The van der Waals surface area contributed by atoms with Gasteiger partial charge in [-0.15, -0.1) is 0 Å². The maximum absolute atomic E-state index is 11.1. The average molecular weight is 316 g/mol. The molecule has 3 heteroatoms. The number of aliphatic hydroxyl groups excluding tert-OH is 1. The van der Waals surface area contributed by atoms with Crippen molar-refractivity contribution < 1.29 is 5.11 Å². The van der Waals surface area contributed by atoms with Gasteiger partial charge in [-0.05, 0) is 42.3 Å². The molecule has 24 heavy (non-hydrogen) atoms. The Morgan fingerprint density at radius 1 is 0.875 bits per heavy atom. The van der Waals surface area contributed by atoms with E-state index in [-0.39, 0.29) is 6.04 Å². The number of hydrogen-bond donors (Lipinski definition) is 1. The number of aromatic nitrogens is 2. The van der Waals surface area contributed by atoms with Gasteiger partial charge in [-0.25, -0.2) is 4.98 Å². The molecular weight excluding hydrogens is 296 g/mol. The number of imidazole rings is 1. The first kappa shape index (κ1) is 14.9. The molecule has 120 valence electrons. The highest BCUT2D eigenvalue weighted by atomic mass is 16.3. The van der Waals surface area contributed by atoms with E-state index in [1.165, 1.54) is 0 Å². The maximum atomic E-state index is 11.1. The Morgan fingerprint density at radius 2 is 1.58 bits per heavy atom. The number of fused-ring (bicyclic) bond motifs is 2. The second kappa shape index (κ2) is 5.77. The summed E-state index contributed by atoms with van der Waals surface area (Å²) in [6.45, 7) is 4.24. The minimum absolute atomic E-state index is 0.219. The zero-order valence-corrected chi connectivity index (χ0v) is 13.8. The summed E-state index contributed by atoms with van der Waals surface area (Å²) in [4.78, 5) is 4.73. The van der Waals surface area contributed by atoms with Crippen LogP contribution in [0, 0.1) is 0 Å². The molecular formula is C21H20N2O. The SMILES string of the molecule is CC(C)n1c([C@H](O)c2cccc3ccccc23)nc2ccccc21. The van der Waals surface area contributed by atoms with Crippen molar-refractivity contribution in [1.82, 2.24) is 9.55 Å². The zero-order chi connectivity index (χ0) is 16.7. The molecule has 1 N–H and O–H groups in total. The molecule has 3 aromatic carbocycles. The van der Waals surface area contributed by atoms with E-state index in [0.29, 0.717) is 5.82 Å². The van der Waals surface area contributed by atoms with Crippen LogP contribution in [0.25, 0.3) is 21.8 Å². The molecule has 0 aliphatic carbocycles. The summed E-state index contributed by atoms with van der Waals surface area (Å²) < 4.78 is 2.13. The molecule has 0 spiro atoms. The van der Waals surface area contributed by atoms with Crippen molar-refractivity contribution in [3.63, 3.8) is 0 Å². The van der Waals surface area contributed by atoms with Crippen LogP contribution in [0.15, 0.2) is 66.7 Å². The van der Waals surface area contributed by atoms with Crippen molar-refractivity contribution in [3.8, 4) is 0 Å². The van der Waals surface area contributed by atoms with Crippen molar-refractivity contribution in [2.45, 2.75) is 26.0 Å². The van der Waals surface area contributed by atoms with Crippen molar-refractivity contribution in [2.24, 2.45) is 0 Å². The van der Waals surface area contributed by atoms with E-state index in [1.807, 2.05) is 42.5 Å².